The highest BCUT2D eigenvalue weighted by Gasteiger charge is 2.29. The van der Waals surface area contributed by atoms with Crippen molar-refractivity contribution >= 4 is 11.7 Å². The van der Waals surface area contributed by atoms with Crippen molar-refractivity contribution in [2.45, 2.75) is 46.1 Å². The molecule has 2 aromatic heterocycles. The minimum Gasteiger partial charge on any atom is -0.353 e. The van der Waals surface area contributed by atoms with Gasteiger partial charge in [-0.1, -0.05) is 36.8 Å². The number of imidazole rings is 1. The van der Waals surface area contributed by atoms with Crippen LogP contribution in [0.3, 0.4) is 0 Å². The van der Waals surface area contributed by atoms with E-state index in [1.165, 1.54) is 6.42 Å². The number of aryl methyl sites for hydroxylation is 2. The SMILES string of the molecule is Cc1cc(N2CCN(C(=O)c3nc(-c4ccccc4)n4c3CCCCC4)CC2)nc(C)n1. The molecule has 1 amide bonds. The molecule has 2 aliphatic heterocycles. The van der Waals surface area contributed by atoms with Crippen LogP contribution in [0.15, 0.2) is 36.4 Å². The number of fused-ring (bicyclic) bond motifs is 1. The summed E-state index contributed by atoms with van der Waals surface area (Å²) in [6, 6.07) is 12.3. The molecule has 2 aliphatic rings. The number of amides is 1. The first-order valence-electron chi connectivity index (χ1n) is 11.6. The predicted octanol–water partition coefficient (Wildman–Crippen LogP) is 3.65. The molecule has 7 nitrogen and oxygen atoms in total. The van der Waals surface area contributed by atoms with E-state index in [1.807, 2.05) is 43.0 Å². The number of hydrogen-bond acceptors (Lipinski definition) is 5. The molecule has 1 saturated heterocycles. The second-order valence-corrected chi connectivity index (χ2v) is 8.75. The molecular weight excluding hydrogens is 400 g/mol. The molecule has 7 heteroatoms. The molecule has 0 N–H and O–H groups in total. The Morgan fingerprint density at radius 1 is 0.875 bits per heavy atom. The van der Waals surface area contributed by atoms with Gasteiger partial charge in [-0.15, -0.1) is 0 Å². The maximum atomic E-state index is 13.6. The minimum absolute atomic E-state index is 0.0625. The lowest BCUT2D eigenvalue weighted by atomic mass is 10.1. The summed E-state index contributed by atoms with van der Waals surface area (Å²) in [7, 11) is 0. The summed E-state index contributed by atoms with van der Waals surface area (Å²) in [6.07, 6.45) is 4.36. The molecule has 32 heavy (non-hydrogen) atoms. The van der Waals surface area contributed by atoms with Gasteiger partial charge in [0.25, 0.3) is 5.91 Å². The lowest BCUT2D eigenvalue weighted by Crippen LogP contribution is -2.49. The molecule has 1 aromatic carbocycles. The fraction of sp³-hybridized carbons (Fsp3) is 0.440. The summed E-state index contributed by atoms with van der Waals surface area (Å²) < 4.78 is 2.29. The Balaban J connectivity index is 1.38. The van der Waals surface area contributed by atoms with Gasteiger partial charge < -0.3 is 14.4 Å². The standard InChI is InChI=1S/C25H30N6O/c1-18-17-22(27-19(2)26-18)29-13-15-30(16-14-29)25(32)23-21-11-7-4-8-12-31(21)24(28-23)20-9-5-3-6-10-20/h3,5-6,9-10,17H,4,7-8,11-16H2,1-2H3. The number of carbonyl (C=O) groups excluding carboxylic acids is 1. The molecule has 0 spiro atoms. The van der Waals surface area contributed by atoms with Crippen molar-refractivity contribution in [1.29, 1.82) is 0 Å². The van der Waals surface area contributed by atoms with Crippen molar-refractivity contribution in [3.05, 3.63) is 59.3 Å². The van der Waals surface area contributed by atoms with Crippen LogP contribution < -0.4 is 4.90 Å². The highest BCUT2D eigenvalue weighted by molar-refractivity contribution is 5.94. The second-order valence-electron chi connectivity index (χ2n) is 8.75. The summed E-state index contributed by atoms with van der Waals surface area (Å²) >= 11 is 0. The van der Waals surface area contributed by atoms with Crippen molar-refractivity contribution in [2.24, 2.45) is 0 Å². The maximum absolute atomic E-state index is 13.6. The van der Waals surface area contributed by atoms with Gasteiger partial charge in [-0.25, -0.2) is 15.0 Å². The fourth-order valence-corrected chi connectivity index (χ4v) is 4.85. The van der Waals surface area contributed by atoms with E-state index in [4.69, 9.17) is 4.98 Å². The number of hydrogen-bond donors (Lipinski definition) is 0. The van der Waals surface area contributed by atoms with Crippen molar-refractivity contribution in [1.82, 2.24) is 24.4 Å². The van der Waals surface area contributed by atoms with Crippen molar-refractivity contribution in [3.63, 3.8) is 0 Å². The normalized spacial score (nSPS) is 16.6. The van der Waals surface area contributed by atoms with Crippen LogP contribution in [-0.4, -0.2) is 56.5 Å². The average Bonchev–Trinajstić information content (AvgIpc) is 2.99. The Hall–Kier alpha value is -3.22. The summed E-state index contributed by atoms with van der Waals surface area (Å²) in [6.45, 7) is 7.73. The summed E-state index contributed by atoms with van der Waals surface area (Å²) in [5.74, 6) is 2.72. The molecule has 1 fully saturated rings. The van der Waals surface area contributed by atoms with Gasteiger partial charge in [-0.05, 0) is 33.1 Å². The Bertz CT molecular complexity index is 1090. The Morgan fingerprint density at radius 2 is 1.66 bits per heavy atom. The molecule has 4 heterocycles. The molecule has 0 radical (unpaired) electrons. The van der Waals surface area contributed by atoms with Crippen LogP contribution in [0.5, 0.6) is 0 Å². The monoisotopic (exact) mass is 430 g/mol. The number of rotatable bonds is 3. The number of aromatic nitrogens is 4. The molecule has 3 aromatic rings. The highest BCUT2D eigenvalue weighted by Crippen LogP contribution is 2.28. The Labute approximate surface area is 189 Å². The zero-order valence-electron chi connectivity index (χ0n) is 18.9. The van der Waals surface area contributed by atoms with Gasteiger partial charge in [0.2, 0.25) is 0 Å². The number of benzene rings is 1. The van der Waals surface area contributed by atoms with Crippen LogP contribution in [0.2, 0.25) is 0 Å². The third kappa shape index (κ3) is 3.99. The maximum Gasteiger partial charge on any atom is 0.274 e. The van der Waals surface area contributed by atoms with Crippen LogP contribution >= 0.6 is 0 Å². The van der Waals surface area contributed by atoms with Crippen molar-refractivity contribution in [3.8, 4) is 11.4 Å². The summed E-state index contributed by atoms with van der Waals surface area (Å²) in [5, 5.41) is 0. The molecule has 5 rings (SSSR count). The van der Waals surface area contributed by atoms with Gasteiger partial charge in [0.05, 0.1) is 5.69 Å². The van der Waals surface area contributed by atoms with Gasteiger partial charge in [0, 0.05) is 50.0 Å². The summed E-state index contributed by atoms with van der Waals surface area (Å²) in [5.41, 5.74) is 3.80. The van der Waals surface area contributed by atoms with Gasteiger partial charge in [0.15, 0.2) is 0 Å². The van der Waals surface area contributed by atoms with E-state index in [1.54, 1.807) is 0 Å². The number of anilines is 1. The van der Waals surface area contributed by atoms with E-state index < -0.39 is 0 Å². The number of nitrogens with zero attached hydrogens (tertiary/aromatic N) is 6. The van der Waals surface area contributed by atoms with Crippen LogP contribution in [-0.2, 0) is 13.0 Å². The number of carbonyl (C=O) groups is 1. The quantitative estimate of drug-likeness (QED) is 0.635. The predicted molar refractivity (Wildman–Crippen MR) is 125 cm³/mol. The molecule has 0 saturated carbocycles. The second kappa shape index (κ2) is 8.73. The van der Waals surface area contributed by atoms with Crippen molar-refractivity contribution < 1.29 is 4.79 Å². The van der Waals surface area contributed by atoms with E-state index in [2.05, 4.69) is 31.6 Å². The molecule has 0 atom stereocenters. The lowest BCUT2D eigenvalue weighted by Gasteiger charge is -2.35. The third-order valence-electron chi connectivity index (χ3n) is 6.45. The van der Waals surface area contributed by atoms with Gasteiger partial charge in [-0.3, -0.25) is 4.79 Å². The highest BCUT2D eigenvalue weighted by atomic mass is 16.2. The van der Waals surface area contributed by atoms with Gasteiger partial charge in [-0.2, -0.15) is 0 Å². The summed E-state index contributed by atoms with van der Waals surface area (Å²) in [4.78, 5) is 31.7. The van der Waals surface area contributed by atoms with Crippen LogP contribution in [0.25, 0.3) is 11.4 Å². The smallest absolute Gasteiger partial charge is 0.274 e. The minimum atomic E-state index is 0.0625. The first-order valence-corrected chi connectivity index (χ1v) is 11.6. The van der Waals surface area contributed by atoms with Gasteiger partial charge >= 0.3 is 0 Å². The molecule has 0 unspecified atom stereocenters. The van der Waals surface area contributed by atoms with E-state index in [0.717, 1.165) is 73.3 Å². The van der Waals surface area contributed by atoms with E-state index in [0.29, 0.717) is 18.8 Å². The zero-order chi connectivity index (χ0) is 22.1. The Morgan fingerprint density at radius 3 is 2.41 bits per heavy atom. The van der Waals surface area contributed by atoms with E-state index in [-0.39, 0.29) is 5.91 Å². The fourth-order valence-electron chi connectivity index (χ4n) is 4.85. The van der Waals surface area contributed by atoms with E-state index >= 15 is 0 Å². The van der Waals surface area contributed by atoms with Crippen LogP contribution in [0.4, 0.5) is 5.82 Å². The van der Waals surface area contributed by atoms with Crippen LogP contribution in [0, 0.1) is 13.8 Å². The topological polar surface area (TPSA) is 67.2 Å². The molecular formula is C25H30N6O. The van der Waals surface area contributed by atoms with Gasteiger partial charge in [0.1, 0.15) is 23.2 Å². The third-order valence-corrected chi connectivity index (χ3v) is 6.45. The molecule has 0 bridgehead atoms. The average molecular weight is 431 g/mol. The first kappa shape index (κ1) is 20.7. The van der Waals surface area contributed by atoms with Crippen molar-refractivity contribution in [2.75, 3.05) is 31.1 Å². The first-order chi connectivity index (χ1) is 15.6. The van der Waals surface area contributed by atoms with Crippen LogP contribution in [0.1, 0.15) is 47.0 Å². The molecule has 0 aliphatic carbocycles. The largest absolute Gasteiger partial charge is 0.353 e. The van der Waals surface area contributed by atoms with E-state index in [9.17, 15) is 4.79 Å². The zero-order valence-corrected chi connectivity index (χ0v) is 18.9. The Kier molecular flexibility index (Phi) is 5.64. The number of piperazine rings is 1. The lowest BCUT2D eigenvalue weighted by molar-refractivity contribution is 0.0739. The molecule has 166 valence electrons.